The molecule has 8 rings (SSSR count). The van der Waals surface area contributed by atoms with Gasteiger partial charge < -0.3 is 15.1 Å². The monoisotopic (exact) mass is 500 g/mol. The van der Waals surface area contributed by atoms with Crippen LogP contribution < -0.4 is 5.32 Å². The molecule has 0 aromatic rings. The lowest BCUT2D eigenvalue weighted by Gasteiger charge is -2.46. The van der Waals surface area contributed by atoms with Gasteiger partial charge in [0.15, 0.2) is 11.6 Å². The Balaban J connectivity index is 0.000000142. The Morgan fingerprint density at radius 1 is 0.778 bits per heavy atom. The van der Waals surface area contributed by atoms with Gasteiger partial charge in [0.2, 0.25) is 0 Å². The zero-order valence-corrected chi connectivity index (χ0v) is 23.5. The van der Waals surface area contributed by atoms with Crippen LogP contribution in [0.3, 0.4) is 0 Å². The summed E-state index contributed by atoms with van der Waals surface area (Å²) in [5.74, 6) is 4.92. The number of rotatable bonds is 2. The molecule has 204 valence electrons. The number of likely N-dealkylation sites (tertiary alicyclic amines) is 1. The van der Waals surface area contributed by atoms with Gasteiger partial charge in [-0.15, -0.1) is 0 Å². The molecule has 0 amide bonds. The molecule has 6 heteroatoms. The van der Waals surface area contributed by atoms with Gasteiger partial charge in [0, 0.05) is 44.6 Å². The minimum absolute atomic E-state index is 0.218. The third-order valence-corrected chi connectivity index (χ3v) is 9.40. The first-order valence-electron chi connectivity index (χ1n) is 14.9. The molecule has 0 aromatic carbocycles. The number of nitrogens with zero attached hydrogens (tertiary/aromatic N) is 3. The molecule has 0 aromatic heterocycles. The van der Waals surface area contributed by atoms with Crippen molar-refractivity contribution in [1.29, 1.82) is 0 Å². The van der Waals surface area contributed by atoms with E-state index in [2.05, 4.69) is 54.3 Å². The van der Waals surface area contributed by atoms with Crippen molar-refractivity contribution in [1.82, 2.24) is 20.0 Å². The van der Waals surface area contributed by atoms with Crippen molar-refractivity contribution in [2.75, 3.05) is 58.9 Å². The maximum absolute atomic E-state index is 12.4. The van der Waals surface area contributed by atoms with Gasteiger partial charge in [-0.05, 0) is 88.4 Å². The topological polar surface area (TPSA) is 55.9 Å². The standard InChI is InChI=1S/C15H26N2O.C8H11NO.C7H15N/c1-11-7-12(2)9-16(8-11)10-14-15(18)13-3-5-17(14)6-4-13;1-6-8(10)7-2-4-9(6)5-3-7;1-6-3-7(2)5-8-4-6/h11-14H,3-10H2,1-2H3;7H,1-5H2;6-8H,3-5H2,1-2H3. The molecule has 8 saturated heterocycles. The first-order chi connectivity index (χ1) is 17.2. The molecule has 0 saturated carbocycles. The van der Waals surface area contributed by atoms with Crippen LogP contribution in [0.2, 0.25) is 0 Å². The summed E-state index contributed by atoms with van der Waals surface area (Å²) in [6, 6.07) is 0.218. The van der Waals surface area contributed by atoms with Crippen molar-refractivity contribution in [3.63, 3.8) is 0 Å². The quantitative estimate of drug-likeness (QED) is 0.584. The van der Waals surface area contributed by atoms with E-state index in [-0.39, 0.29) is 11.8 Å². The summed E-state index contributed by atoms with van der Waals surface area (Å²) < 4.78 is 0. The average Bonchev–Trinajstić information content (AvgIpc) is 2.85. The fourth-order valence-electron chi connectivity index (χ4n) is 7.57. The number of allylic oxidation sites excluding steroid dienone is 1. The number of carbonyl (C=O) groups excluding carboxylic acids is 2. The fourth-order valence-corrected chi connectivity index (χ4v) is 7.57. The van der Waals surface area contributed by atoms with Gasteiger partial charge in [-0.25, -0.2) is 0 Å². The molecule has 5 unspecified atom stereocenters. The Morgan fingerprint density at radius 2 is 1.31 bits per heavy atom. The van der Waals surface area contributed by atoms with Crippen molar-refractivity contribution in [2.24, 2.45) is 35.5 Å². The molecular weight excluding hydrogens is 448 g/mol. The molecule has 36 heavy (non-hydrogen) atoms. The molecule has 4 bridgehead atoms. The van der Waals surface area contributed by atoms with Crippen molar-refractivity contribution < 1.29 is 9.59 Å². The summed E-state index contributed by atoms with van der Waals surface area (Å²) in [6.07, 6.45) is 7.09. The Labute approximate surface area is 220 Å². The minimum atomic E-state index is 0.218. The Morgan fingerprint density at radius 3 is 1.72 bits per heavy atom. The first-order valence-corrected chi connectivity index (χ1v) is 14.9. The number of fused-ring (bicyclic) bond motifs is 6. The molecular formula is C30H52N4O2. The van der Waals surface area contributed by atoms with Gasteiger partial charge in [-0.3, -0.25) is 14.5 Å². The second-order valence-electron chi connectivity index (χ2n) is 13.1. The molecule has 6 nitrogen and oxygen atoms in total. The lowest BCUT2D eigenvalue weighted by atomic mass is 9.81. The first kappa shape index (κ1) is 27.8. The highest BCUT2D eigenvalue weighted by Crippen LogP contribution is 2.31. The van der Waals surface area contributed by atoms with Crippen molar-refractivity contribution in [3.05, 3.63) is 12.3 Å². The van der Waals surface area contributed by atoms with Crippen LogP contribution in [0.5, 0.6) is 0 Å². The smallest absolute Gasteiger partial charge is 0.181 e. The molecule has 5 atom stereocenters. The van der Waals surface area contributed by atoms with Crippen molar-refractivity contribution >= 4 is 11.6 Å². The number of hydrogen-bond acceptors (Lipinski definition) is 6. The summed E-state index contributed by atoms with van der Waals surface area (Å²) in [7, 11) is 0. The van der Waals surface area contributed by atoms with Gasteiger partial charge >= 0.3 is 0 Å². The number of Topliss-reactive ketones (excluding diaryl/α,β-unsaturated/α-hetero) is 2. The summed E-state index contributed by atoms with van der Waals surface area (Å²) in [5.41, 5.74) is 0.752. The number of hydrogen-bond donors (Lipinski definition) is 1. The SMILES string of the molecule is C=C1C(=O)C2CCN1CC2.CC1CC(C)CN(CC2C(=O)C3CCN2CC3)C1.CC1CNCC(C)C1. The fraction of sp³-hybridized carbons (Fsp3) is 0.867. The van der Waals surface area contributed by atoms with E-state index in [1.807, 2.05) is 0 Å². The van der Waals surface area contributed by atoms with Gasteiger partial charge in [0.25, 0.3) is 0 Å². The maximum Gasteiger partial charge on any atom is 0.181 e. The van der Waals surface area contributed by atoms with Gasteiger partial charge in [0.1, 0.15) is 0 Å². The van der Waals surface area contributed by atoms with E-state index in [0.29, 0.717) is 17.6 Å². The van der Waals surface area contributed by atoms with E-state index in [4.69, 9.17) is 0 Å². The maximum atomic E-state index is 12.4. The van der Waals surface area contributed by atoms with Crippen LogP contribution in [0.15, 0.2) is 12.3 Å². The van der Waals surface area contributed by atoms with Crippen LogP contribution in [-0.2, 0) is 9.59 Å². The minimum Gasteiger partial charge on any atom is -0.369 e. The predicted molar refractivity (Wildman–Crippen MR) is 147 cm³/mol. The molecule has 0 spiro atoms. The summed E-state index contributed by atoms with van der Waals surface area (Å²) in [6.45, 7) is 23.3. The highest BCUT2D eigenvalue weighted by Gasteiger charge is 2.42. The van der Waals surface area contributed by atoms with Crippen LogP contribution in [0.25, 0.3) is 0 Å². The highest BCUT2D eigenvalue weighted by atomic mass is 16.1. The third-order valence-electron chi connectivity index (χ3n) is 9.40. The van der Waals surface area contributed by atoms with Crippen LogP contribution >= 0.6 is 0 Å². The Kier molecular flexibility index (Phi) is 9.68. The van der Waals surface area contributed by atoms with E-state index in [9.17, 15) is 9.59 Å². The number of carbonyl (C=O) groups is 2. The normalized spacial score (nSPS) is 38.8. The second kappa shape index (κ2) is 12.5. The largest absolute Gasteiger partial charge is 0.369 e. The highest BCUT2D eigenvalue weighted by molar-refractivity contribution is 5.97. The molecule has 8 aliphatic heterocycles. The van der Waals surface area contributed by atoms with Gasteiger partial charge in [-0.1, -0.05) is 34.3 Å². The second-order valence-corrected chi connectivity index (χ2v) is 13.1. The molecule has 8 fully saturated rings. The van der Waals surface area contributed by atoms with E-state index in [0.717, 1.165) is 87.8 Å². The molecule has 8 aliphatic rings. The zero-order valence-electron chi connectivity index (χ0n) is 23.5. The number of nitrogens with one attached hydrogen (secondary N) is 1. The summed E-state index contributed by atoms with van der Waals surface area (Å²) >= 11 is 0. The Hall–Kier alpha value is -1.24. The van der Waals surface area contributed by atoms with Crippen LogP contribution in [-0.4, -0.2) is 91.2 Å². The molecule has 8 heterocycles. The van der Waals surface area contributed by atoms with E-state index in [1.54, 1.807) is 0 Å². The lowest BCUT2D eigenvalue weighted by Crippen LogP contribution is -2.60. The van der Waals surface area contributed by atoms with Gasteiger partial charge in [-0.2, -0.15) is 0 Å². The molecule has 1 N–H and O–H groups in total. The van der Waals surface area contributed by atoms with Crippen LogP contribution in [0.1, 0.15) is 66.2 Å². The summed E-state index contributed by atoms with van der Waals surface area (Å²) in [5, 5.41) is 3.38. The van der Waals surface area contributed by atoms with E-state index in [1.165, 1.54) is 39.0 Å². The van der Waals surface area contributed by atoms with Crippen molar-refractivity contribution in [2.45, 2.75) is 72.3 Å². The summed E-state index contributed by atoms with van der Waals surface area (Å²) in [4.78, 5) is 30.7. The molecule has 0 radical (unpaired) electrons. The average molecular weight is 501 g/mol. The number of ketones is 2. The zero-order chi connectivity index (χ0) is 25.8. The third kappa shape index (κ3) is 6.99. The number of piperidine rings is 8. The van der Waals surface area contributed by atoms with Gasteiger partial charge in [0.05, 0.1) is 11.7 Å². The van der Waals surface area contributed by atoms with Crippen LogP contribution in [0, 0.1) is 35.5 Å². The van der Waals surface area contributed by atoms with E-state index >= 15 is 0 Å². The van der Waals surface area contributed by atoms with Crippen molar-refractivity contribution in [3.8, 4) is 0 Å². The lowest BCUT2D eigenvalue weighted by molar-refractivity contribution is -0.138. The Bertz CT molecular complexity index is 729. The van der Waals surface area contributed by atoms with Crippen LogP contribution in [0.4, 0.5) is 0 Å². The molecule has 0 aliphatic carbocycles. The van der Waals surface area contributed by atoms with E-state index < -0.39 is 0 Å². The predicted octanol–water partition coefficient (Wildman–Crippen LogP) is 3.67.